The monoisotopic (exact) mass is 187 g/mol. The number of hydrogen-bond acceptors (Lipinski definition) is 2. The molecule has 0 aromatic carbocycles. The van der Waals surface area contributed by atoms with Crippen molar-refractivity contribution >= 4 is 0 Å². The summed E-state index contributed by atoms with van der Waals surface area (Å²) in [5.41, 5.74) is 0. The summed E-state index contributed by atoms with van der Waals surface area (Å²) in [7, 11) is 0. The fraction of sp³-hybridized carbons (Fsp3) is 1.00. The van der Waals surface area contributed by atoms with Crippen LogP contribution in [0.4, 0.5) is 0 Å². The van der Waals surface area contributed by atoms with Gasteiger partial charge in [0.05, 0.1) is 6.61 Å². The van der Waals surface area contributed by atoms with E-state index in [4.69, 9.17) is 5.11 Å². The fourth-order valence-corrected chi connectivity index (χ4v) is 1.61. The van der Waals surface area contributed by atoms with Crippen molar-refractivity contribution in [2.75, 3.05) is 13.2 Å². The molecule has 1 atom stereocenters. The minimum absolute atomic E-state index is 0.258. The van der Waals surface area contributed by atoms with E-state index in [1.807, 2.05) is 0 Å². The highest BCUT2D eigenvalue weighted by Gasteiger charge is 2.04. The molecule has 0 radical (unpaired) electrons. The molecule has 0 spiro atoms. The molecule has 0 aromatic heterocycles. The number of unbranched alkanes of at least 4 members (excludes halogenated alkanes) is 2. The molecule has 0 saturated heterocycles. The van der Waals surface area contributed by atoms with Gasteiger partial charge < -0.3 is 10.4 Å². The minimum atomic E-state index is 0.258. The maximum Gasteiger partial charge on any atom is 0.0556 e. The van der Waals surface area contributed by atoms with Gasteiger partial charge in [-0.15, -0.1) is 0 Å². The van der Waals surface area contributed by atoms with Crippen LogP contribution in [0.1, 0.15) is 52.4 Å². The lowest BCUT2D eigenvalue weighted by molar-refractivity contribution is 0.278. The van der Waals surface area contributed by atoms with Gasteiger partial charge in [0.15, 0.2) is 0 Å². The normalized spacial score (nSPS) is 13.2. The molecule has 2 heteroatoms. The first-order valence-corrected chi connectivity index (χ1v) is 5.69. The summed E-state index contributed by atoms with van der Waals surface area (Å²) < 4.78 is 0. The zero-order valence-corrected chi connectivity index (χ0v) is 9.18. The van der Waals surface area contributed by atoms with Crippen molar-refractivity contribution in [3.63, 3.8) is 0 Å². The molecule has 13 heavy (non-hydrogen) atoms. The number of hydrogen-bond donors (Lipinski definition) is 2. The third-order valence-corrected chi connectivity index (χ3v) is 2.34. The summed E-state index contributed by atoms with van der Waals surface area (Å²) >= 11 is 0. The Morgan fingerprint density at radius 2 is 1.85 bits per heavy atom. The van der Waals surface area contributed by atoms with Crippen LogP contribution in [0.2, 0.25) is 0 Å². The first-order chi connectivity index (χ1) is 6.35. The molecule has 0 bridgehead atoms. The third kappa shape index (κ3) is 8.26. The molecule has 0 heterocycles. The zero-order chi connectivity index (χ0) is 9.94. The summed E-state index contributed by atoms with van der Waals surface area (Å²) in [4.78, 5) is 0. The maximum atomic E-state index is 8.69. The van der Waals surface area contributed by atoms with Crippen LogP contribution in [-0.4, -0.2) is 24.3 Å². The van der Waals surface area contributed by atoms with Crippen molar-refractivity contribution in [1.29, 1.82) is 0 Å². The van der Waals surface area contributed by atoms with Crippen LogP contribution in [0.25, 0.3) is 0 Å². The smallest absolute Gasteiger partial charge is 0.0556 e. The van der Waals surface area contributed by atoms with Gasteiger partial charge in [0.1, 0.15) is 0 Å². The zero-order valence-electron chi connectivity index (χ0n) is 9.18. The average molecular weight is 187 g/mol. The Bertz CT molecular complexity index is 96.1. The molecular formula is C11H25NO. The Labute approximate surface area is 82.7 Å². The average Bonchev–Trinajstić information content (AvgIpc) is 2.14. The van der Waals surface area contributed by atoms with Crippen LogP contribution in [0, 0.1) is 0 Å². The predicted molar refractivity (Wildman–Crippen MR) is 57.9 cm³/mol. The number of rotatable bonds is 9. The Morgan fingerprint density at radius 1 is 1.08 bits per heavy atom. The number of nitrogens with one attached hydrogen (secondary N) is 1. The maximum absolute atomic E-state index is 8.69. The van der Waals surface area contributed by atoms with E-state index < -0.39 is 0 Å². The van der Waals surface area contributed by atoms with Crippen molar-refractivity contribution in [2.24, 2.45) is 0 Å². The summed E-state index contributed by atoms with van der Waals surface area (Å²) in [6, 6.07) is 0.628. The number of aliphatic hydroxyl groups excluding tert-OH is 1. The van der Waals surface area contributed by atoms with E-state index in [1.165, 1.54) is 38.5 Å². The lowest BCUT2D eigenvalue weighted by Gasteiger charge is -2.17. The van der Waals surface area contributed by atoms with Crippen molar-refractivity contribution in [3.05, 3.63) is 0 Å². The second-order valence-electron chi connectivity index (χ2n) is 3.66. The van der Waals surface area contributed by atoms with Gasteiger partial charge in [-0.05, 0) is 12.8 Å². The second kappa shape index (κ2) is 10.0. The predicted octanol–water partition coefficient (Wildman–Crippen LogP) is 2.32. The van der Waals surface area contributed by atoms with Crippen molar-refractivity contribution < 1.29 is 5.11 Å². The molecular weight excluding hydrogens is 162 g/mol. The van der Waals surface area contributed by atoms with Crippen LogP contribution in [0.3, 0.4) is 0 Å². The molecule has 1 unspecified atom stereocenters. The molecule has 2 N–H and O–H groups in total. The van der Waals surface area contributed by atoms with Crippen LogP contribution in [0.5, 0.6) is 0 Å². The Hall–Kier alpha value is -0.0800. The molecule has 0 aliphatic rings. The van der Waals surface area contributed by atoms with E-state index >= 15 is 0 Å². The molecule has 0 saturated carbocycles. The largest absolute Gasteiger partial charge is 0.395 e. The topological polar surface area (TPSA) is 32.3 Å². The van der Waals surface area contributed by atoms with E-state index in [9.17, 15) is 0 Å². The van der Waals surface area contributed by atoms with Crippen LogP contribution in [-0.2, 0) is 0 Å². The molecule has 0 rings (SSSR count). The van der Waals surface area contributed by atoms with Gasteiger partial charge in [0, 0.05) is 12.6 Å². The standard InChI is InChI=1S/C11H25NO/c1-3-5-6-8-11(7-4-2)12-9-10-13/h11-13H,3-10H2,1-2H3. The van der Waals surface area contributed by atoms with E-state index in [1.54, 1.807) is 0 Å². The first kappa shape index (κ1) is 12.9. The second-order valence-corrected chi connectivity index (χ2v) is 3.66. The van der Waals surface area contributed by atoms with Gasteiger partial charge in [-0.1, -0.05) is 39.5 Å². The van der Waals surface area contributed by atoms with Gasteiger partial charge in [0.2, 0.25) is 0 Å². The highest BCUT2D eigenvalue weighted by Crippen LogP contribution is 2.07. The lowest BCUT2D eigenvalue weighted by Crippen LogP contribution is -2.31. The summed E-state index contributed by atoms with van der Waals surface area (Å²) in [5, 5.41) is 12.1. The Kier molecular flexibility index (Phi) is 9.94. The molecule has 0 fully saturated rings. The van der Waals surface area contributed by atoms with Gasteiger partial charge in [-0.3, -0.25) is 0 Å². The number of aliphatic hydroxyl groups is 1. The van der Waals surface area contributed by atoms with Gasteiger partial charge in [-0.25, -0.2) is 0 Å². The quantitative estimate of drug-likeness (QED) is 0.543. The molecule has 2 nitrogen and oxygen atoms in total. The SMILES string of the molecule is CCCCCC(CCC)NCCO. The lowest BCUT2D eigenvalue weighted by atomic mass is 10.0. The van der Waals surface area contributed by atoms with Crippen molar-refractivity contribution in [1.82, 2.24) is 5.32 Å². The molecule has 0 aliphatic carbocycles. The van der Waals surface area contributed by atoms with Crippen LogP contribution in [0.15, 0.2) is 0 Å². The molecule has 0 amide bonds. The van der Waals surface area contributed by atoms with E-state index in [2.05, 4.69) is 19.2 Å². The summed E-state index contributed by atoms with van der Waals surface area (Å²) in [5.74, 6) is 0. The summed E-state index contributed by atoms with van der Waals surface area (Å²) in [6.45, 7) is 5.45. The highest BCUT2D eigenvalue weighted by atomic mass is 16.3. The van der Waals surface area contributed by atoms with Gasteiger partial charge in [-0.2, -0.15) is 0 Å². The van der Waals surface area contributed by atoms with E-state index in [0.717, 1.165) is 6.54 Å². The van der Waals surface area contributed by atoms with Crippen molar-refractivity contribution in [2.45, 2.75) is 58.4 Å². The molecule has 0 aromatic rings. The summed E-state index contributed by atoms with van der Waals surface area (Å²) in [6.07, 6.45) is 7.68. The van der Waals surface area contributed by atoms with Gasteiger partial charge >= 0.3 is 0 Å². The third-order valence-electron chi connectivity index (χ3n) is 2.34. The minimum Gasteiger partial charge on any atom is -0.395 e. The molecule has 80 valence electrons. The first-order valence-electron chi connectivity index (χ1n) is 5.69. The van der Waals surface area contributed by atoms with E-state index in [-0.39, 0.29) is 6.61 Å². The van der Waals surface area contributed by atoms with Crippen molar-refractivity contribution in [3.8, 4) is 0 Å². The van der Waals surface area contributed by atoms with Gasteiger partial charge in [0.25, 0.3) is 0 Å². The Balaban J connectivity index is 3.41. The van der Waals surface area contributed by atoms with E-state index in [0.29, 0.717) is 6.04 Å². The van der Waals surface area contributed by atoms with Crippen LogP contribution < -0.4 is 5.32 Å². The molecule has 0 aliphatic heterocycles. The Morgan fingerprint density at radius 3 is 2.38 bits per heavy atom. The fourth-order valence-electron chi connectivity index (χ4n) is 1.61. The highest BCUT2D eigenvalue weighted by molar-refractivity contribution is 4.65. The van der Waals surface area contributed by atoms with Crippen LogP contribution >= 0.6 is 0 Å².